The van der Waals surface area contributed by atoms with E-state index in [4.69, 9.17) is 5.73 Å². The van der Waals surface area contributed by atoms with Crippen molar-refractivity contribution in [2.45, 2.75) is 44.7 Å². The molecule has 31 heavy (non-hydrogen) atoms. The quantitative estimate of drug-likeness (QED) is 0.512. The summed E-state index contributed by atoms with van der Waals surface area (Å²) in [6, 6.07) is 4.13. The Hall–Kier alpha value is -3.04. The predicted octanol–water partition coefficient (Wildman–Crippen LogP) is 3.17. The van der Waals surface area contributed by atoms with Crippen LogP contribution >= 0.6 is 11.3 Å². The molecule has 0 aromatic carbocycles. The number of amides is 1. The fourth-order valence-corrected chi connectivity index (χ4v) is 5.05. The van der Waals surface area contributed by atoms with Crippen LogP contribution in [0.3, 0.4) is 0 Å². The third-order valence-corrected chi connectivity index (χ3v) is 6.91. The number of nitrogens with two attached hydrogens (primary N) is 1. The van der Waals surface area contributed by atoms with E-state index in [1.807, 2.05) is 49.3 Å². The number of aromatic nitrogens is 5. The lowest BCUT2D eigenvalue weighted by Gasteiger charge is -2.28. The number of thiazole rings is 1. The molecule has 1 amide bonds. The summed E-state index contributed by atoms with van der Waals surface area (Å²) in [6.07, 6.45) is 11.7. The summed E-state index contributed by atoms with van der Waals surface area (Å²) in [4.78, 5) is 18.5. The van der Waals surface area contributed by atoms with E-state index < -0.39 is 0 Å². The number of nitrogens with zero attached hydrogens (tertiary/aromatic N) is 5. The Morgan fingerprint density at radius 2 is 2.00 bits per heavy atom. The number of carbonyl (C=O) groups is 1. The summed E-state index contributed by atoms with van der Waals surface area (Å²) in [7, 11) is 1.90. The van der Waals surface area contributed by atoms with Gasteiger partial charge in [-0.2, -0.15) is 10.2 Å². The van der Waals surface area contributed by atoms with Crippen molar-refractivity contribution in [2.75, 3.05) is 0 Å². The number of rotatable bonds is 4. The summed E-state index contributed by atoms with van der Waals surface area (Å²) < 4.78 is 3.62. The average molecular weight is 436 g/mol. The van der Waals surface area contributed by atoms with Gasteiger partial charge in [0.05, 0.1) is 23.6 Å². The number of aryl methyl sites for hydroxylation is 2. The topological polar surface area (TPSA) is 103 Å². The fraction of sp³-hybridized carbons (Fsp3) is 0.364. The molecule has 1 aliphatic carbocycles. The summed E-state index contributed by atoms with van der Waals surface area (Å²) in [5.41, 5.74) is 10.9. The Labute approximate surface area is 184 Å². The first kappa shape index (κ1) is 19.9. The van der Waals surface area contributed by atoms with Gasteiger partial charge in [-0.1, -0.05) is 18.9 Å². The average Bonchev–Trinajstić information content (AvgIpc) is 3.47. The summed E-state index contributed by atoms with van der Waals surface area (Å²) in [5.74, 6) is -0.142. The molecule has 0 unspecified atom stereocenters. The lowest BCUT2D eigenvalue weighted by Crippen LogP contribution is -2.49. The van der Waals surface area contributed by atoms with Crippen LogP contribution in [0.15, 0.2) is 36.9 Å². The highest BCUT2D eigenvalue weighted by atomic mass is 32.1. The van der Waals surface area contributed by atoms with E-state index in [0.717, 1.165) is 58.5 Å². The Kier molecular flexibility index (Phi) is 5.07. The molecule has 160 valence electrons. The van der Waals surface area contributed by atoms with Crippen LogP contribution in [-0.4, -0.2) is 42.4 Å². The second-order valence-corrected chi connectivity index (χ2v) is 9.36. The standard InChI is InChI=1S/C22H25N7OS/c1-13-20(27-22(31-13)21(30)26-18-6-4-3-5-17(18)23)16-10-25-29-12-14(7-8-19(16)29)15-9-24-28(2)11-15/h7-12,17-18H,3-6,23H2,1-2H3,(H,26,30)/t17-,18+/m0/s1. The highest BCUT2D eigenvalue weighted by Gasteiger charge is 2.26. The van der Waals surface area contributed by atoms with E-state index >= 15 is 0 Å². The zero-order valence-electron chi connectivity index (χ0n) is 17.6. The van der Waals surface area contributed by atoms with Crippen LogP contribution in [0.2, 0.25) is 0 Å². The minimum Gasteiger partial charge on any atom is -0.346 e. The largest absolute Gasteiger partial charge is 0.346 e. The zero-order valence-corrected chi connectivity index (χ0v) is 18.4. The molecule has 3 N–H and O–H groups in total. The van der Waals surface area contributed by atoms with E-state index in [2.05, 4.69) is 26.6 Å². The van der Waals surface area contributed by atoms with Crippen LogP contribution in [0.25, 0.3) is 27.9 Å². The van der Waals surface area contributed by atoms with Crippen molar-refractivity contribution in [3.8, 4) is 22.4 Å². The monoisotopic (exact) mass is 435 g/mol. The molecule has 8 nitrogen and oxygen atoms in total. The number of pyridine rings is 1. The highest BCUT2D eigenvalue weighted by Crippen LogP contribution is 2.32. The van der Waals surface area contributed by atoms with Gasteiger partial charge in [0.1, 0.15) is 0 Å². The van der Waals surface area contributed by atoms with E-state index in [0.29, 0.717) is 5.01 Å². The summed E-state index contributed by atoms with van der Waals surface area (Å²) in [5, 5.41) is 12.3. The van der Waals surface area contributed by atoms with Crippen LogP contribution in [-0.2, 0) is 7.05 Å². The molecule has 1 saturated carbocycles. The number of nitrogens with one attached hydrogen (secondary N) is 1. The lowest BCUT2D eigenvalue weighted by molar-refractivity contribution is 0.0921. The van der Waals surface area contributed by atoms with Crippen molar-refractivity contribution in [3.05, 3.63) is 46.8 Å². The minimum atomic E-state index is -0.142. The number of hydrogen-bond donors (Lipinski definition) is 2. The molecule has 0 aliphatic heterocycles. The van der Waals surface area contributed by atoms with E-state index in [9.17, 15) is 4.79 Å². The van der Waals surface area contributed by atoms with Gasteiger partial charge in [0.15, 0.2) is 5.01 Å². The molecule has 0 bridgehead atoms. The van der Waals surface area contributed by atoms with Gasteiger partial charge < -0.3 is 11.1 Å². The first-order chi connectivity index (χ1) is 15.0. The molecule has 9 heteroatoms. The van der Waals surface area contributed by atoms with Gasteiger partial charge in [0.2, 0.25) is 0 Å². The van der Waals surface area contributed by atoms with E-state index in [-0.39, 0.29) is 18.0 Å². The molecule has 0 spiro atoms. The zero-order chi connectivity index (χ0) is 21.5. The molecule has 2 atom stereocenters. The van der Waals surface area contributed by atoms with Crippen molar-refractivity contribution < 1.29 is 4.79 Å². The molecule has 1 aliphatic rings. The molecule has 4 aromatic heterocycles. The van der Waals surface area contributed by atoms with E-state index in [1.54, 1.807) is 4.68 Å². The molecule has 0 saturated heterocycles. The van der Waals surface area contributed by atoms with Gasteiger partial charge in [-0.3, -0.25) is 9.48 Å². The number of hydrogen-bond acceptors (Lipinski definition) is 6. The van der Waals surface area contributed by atoms with Crippen LogP contribution in [0, 0.1) is 6.92 Å². The lowest BCUT2D eigenvalue weighted by atomic mass is 9.91. The molecular weight excluding hydrogens is 410 g/mol. The predicted molar refractivity (Wildman–Crippen MR) is 121 cm³/mol. The normalized spacial score (nSPS) is 19.1. The maximum atomic E-state index is 12.8. The van der Waals surface area contributed by atoms with Crippen molar-refractivity contribution in [1.82, 2.24) is 29.7 Å². The summed E-state index contributed by atoms with van der Waals surface area (Å²) >= 11 is 1.41. The number of fused-ring (bicyclic) bond motifs is 1. The van der Waals surface area contributed by atoms with Gasteiger partial charge in [-0.15, -0.1) is 11.3 Å². The second kappa shape index (κ2) is 7.90. The molecular formula is C22H25N7OS. The first-order valence-electron chi connectivity index (χ1n) is 10.5. The van der Waals surface area contributed by atoms with Crippen LogP contribution in [0.4, 0.5) is 0 Å². The minimum absolute atomic E-state index is 0.0202. The van der Waals surface area contributed by atoms with Gasteiger partial charge in [0.25, 0.3) is 5.91 Å². The molecule has 4 heterocycles. The Balaban J connectivity index is 1.42. The van der Waals surface area contributed by atoms with Crippen molar-refractivity contribution >= 4 is 22.8 Å². The Bertz CT molecular complexity index is 1250. The molecule has 4 aromatic rings. The van der Waals surface area contributed by atoms with Crippen molar-refractivity contribution in [2.24, 2.45) is 12.8 Å². The van der Waals surface area contributed by atoms with Gasteiger partial charge in [-0.25, -0.2) is 9.50 Å². The van der Waals surface area contributed by atoms with Gasteiger partial charge in [0, 0.05) is 53.1 Å². The second-order valence-electron chi connectivity index (χ2n) is 8.16. The van der Waals surface area contributed by atoms with E-state index in [1.165, 1.54) is 11.3 Å². The molecule has 1 fully saturated rings. The Morgan fingerprint density at radius 1 is 1.16 bits per heavy atom. The van der Waals surface area contributed by atoms with Crippen LogP contribution in [0.5, 0.6) is 0 Å². The highest BCUT2D eigenvalue weighted by molar-refractivity contribution is 7.14. The smallest absolute Gasteiger partial charge is 0.280 e. The Morgan fingerprint density at radius 3 is 2.77 bits per heavy atom. The fourth-order valence-electron chi connectivity index (χ4n) is 4.22. The van der Waals surface area contributed by atoms with Crippen LogP contribution in [0.1, 0.15) is 40.4 Å². The van der Waals surface area contributed by atoms with Gasteiger partial charge >= 0.3 is 0 Å². The molecule has 5 rings (SSSR count). The summed E-state index contributed by atoms with van der Waals surface area (Å²) in [6.45, 7) is 1.99. The SMILES string of the molecule is Cc1sc(C(=O)N[C@@H]2CCCC[C@@H]2N)nc1-c1cnn2cc(-c3cnn(C)c3)ccc12. The van der Waals surface area contributed by atoms with Crippen molar-refractivity contribution in [1.29, 1.82) is 0 Å². The third-order valence-electron chi connectivity index (χ3n) is 5.94. The third kappa shape index (κ3) is 3.75. The first-order valence-corrected chi connectivity index (χ1v) is 11.3. The van der Waals surface area contributed by atoms with Gasteiger partial charge in [-0.05, 0) is 25.8 Å². The number of carbonyl (C=O) groups excluding carboxylic acids is 1. The maximum absolute atomic E-state index is 12.8. The van der Waals surface area contributed by atoms with Crippen molar-refractivity contribution in [3.63, 3.8) is 0 Å². The molecule has 0 radical (unpaired) electrons. The maximum Gasteiger partial charge on any atom is 0.280 e. The van der Waals surface area contributed by atoms with Crippen LogP contribution < -0.4 is 11.1 Å².